The molecular formula is C29H41N3O3S. The molecule has 0 bridgehead atoms. The van der Waals surface area contributed by atoms with E-state index in [9.17, 15) is 0 Å². The van der Waals surface area contributed by atoms with Crippen molar-refractivity contribution in [3.63, 3.8) is 0 Å². The molecule has 6 nitrogen and oxygen atoms in total. The van der Waals surface area contributed by atoms with Crippen LogP contribution in [0.1, 0.15) is 49.7 Å². The second-order valence-electron chi connectivity index (χ2n) is 9.53. The van der Waals surface area contributed by atoms with Gasteiger partial charge in [-0.05, 0) is 93.9 Å². The first-order chi connectivity index (χ1) is 17.7. The maximum absolute atomic E-state index is 6.22. The van der Waals surface area contributed by atoms with Crippen LogP contribution < -0.4 is 14.2 Å². The van der Waals surface area contributed by atoms with Gasteiger partial charge in [-0.3, -0.25) is 9.62 Å². The molecule has 0 aliphatic carbocycles. The highest BCUT2D eigenvalue weighted by Gasteiger charge is 2.22. The first kappa shape index (κ1) is 26.9. The van der Waals surface area contributed by atoms with E-state index in [0.717, 1.165) is 70.0 Å². The monoisotopic (exact) mass is 511 g/mol. The van der Waals surface area contributed by atoms with Gasteiger partial charge < -0.3 is 19.2 Å². The van der Waals surface area contributed by atoms with Gasteiger partial charge in [0.15, 0.2) is 0 Å². The van der Waals surface area contributed by atoms with Crippen molar-refractivity contribution in [3.8, 4) is 11.5 Å². The lowest BCUT2D eigenvalue weighted by atomic mass is 10.0. The molecule has 0 atom stereocenters. The lowest BCUT2D eigenvalue weighted by Gasteiger charge is -2.32. The number of likely N-dealkylation sites (tertiary alicyclic amines) is 1. The number of rotatable bonds is 14. The maximum Gasteiger partial charge on any atom is 0.124 e. The maximum atomic E-state index is 6.22. The Morgan fingerprint density at radius 3 is 2.64 bits per heavy atom. The fourth-order valence-electron chi connectivity index (χ4n) is 4.98. The Hall–Kier alpha value is -2.19. The Morgan fingerprint density at radius 1 is 1.06 bits per heavy atom. The van der Waals surface area contributed by atoms with Gasteiger partial charge in [-0.15, -0.1) is 0 Å². The summed E-state index contributed by atoms with van der Waals surface area (Å²) >= 11 is 1.60. The topological polar surface area (TPSA) is 58.7 Å². The van der Waals surface area contributed by atoms with Crippen LogP contribution in [0.4, 0.5) is 0 Å². The van der Waals surface area contributed by atoms with Crippen molar-refractivity contribution in [3.05, 3.63) is 53.7 Å². The molecular weight excluding hydrogens is 470 g/mol. The molecule has 2 aromatic carbocycles. The van der Waals surface area contributed by atoms with E-state index in [0.29, 0.717) is 6.10 Å². The average molecular weight is 512 g/mol. The Kier molecular flexibility index (Phi) is 10.4. The molecule has 0 saturated carbocycles. The summed E-state index contributed by atoms with van der Waals surface area (Å²) in [5.74, 6) is 1.94. The van der Waals surface area contributed by atoms with Crippen LogP contribution in [-0.2, 0) is 11.3 Å². The van der Waals surface area contributed by atoms with Gasteiger partial charge in [0.1, 0.15) is 11.5 Å². The van der Waals surface area contributed by atoms with E-state index in [2.05, 4.69) is 45.8 Å². The van der Waals surface area contributed by atoms with Gasteiger partial charge in [0, 0.05) is 53.8 Å². The zero-order valence-electron chi connectivity index (χ0n) is 22.0. The van der Waals surface area contributed by atoms with Crippen molar-refractivity contribution in [2.75, 3.05) is 40.5 Å². The minimum atomic E-state index is 0.388. The molecule has 7 heteroatoms. The van der Waals surface area contributed by atoms with Crippen molar-refractivity contribution < 1.29 is 14.2 Å². The predicted molar refractivity (Wildman–Crippen MR) is 149 cm³/mol. The van der Waals surface area contributed by atoms with Gasteiger partial charge in [-0.1, -0.05) is 12.5 Å². The zero-order valence-corrected chi connectivity index (χ0v) is 22.8. The van der Waals surface area contributed by atoms with Gasteiger partial charge in [0.2, 0.25) is 0 Å². The van der Waals surface area contributed by atoms with E-state index < -0.39 is 0 Å². The third-order valence-electron chi connectivity index (χ3n) is 6.93. The molecule has 2 N–H and O–H groups in total. The SMILES string of the molecule is CNSc1cccc(OCCCCCCOC2CCN(Cc3c(OC)cc(C)c4[nH]ccc34)CC2)c1. The molecule has 1 aliphatic rings. The quantitative estimate of drug-likeness (QED) is 0.195. The van der Waals surface area contributed by atoms with Gasteiger partial charge in [-0.25, -0.2) is 0 Å². The van der Waals surface area contributed by atoms with Gasteiger partial charge in [-0.2, -0.15) is 0 Å². The molecule has 4 rings (SSSR count). The minimum absolute atomic E-state index is 0.388. The second kappa shape index (κ2) is 13.9. The first-order valence-corrected chi connectivity index (χ1v) is 14.0. The number of ether oxygens (including phenoxy) is 3. The predicted octanol–water partition coefficient (Wildman–Crippen LogP) is 6.33. The third kappa shape index (κ3) is 7.42. The molecule has 0 unspecified atom stereocenters. The lowest BCUT2D eigenvalue weighted by molar-refractivity contribution is 0.00419. The molecule has 1 aliphatic heterocycles. The zero-order chi connectivity index (χ0) is 25.2. The molecule has 1 aromatic heterocycles. The summed E-state index contributed by atoms with van der Waals surface area (Å²) in [4.78, 5) is 7.08. The number of methoxy groups -OCH3 is 1. The van der Waals surface area contributed by atoms with Crippen LogP contribution in [0.15, 0.2) is 47.5 Å². The van der Waals surface area contributed by atoms with Gasteiger partial charge >= 0.3 is 0 Å². The van der Waals surface area contributed by atoms with Crippen molar-refractivity contribution in [2.45, 2.75) is 63.0 Å². The summed E-state index contributed by atoms with van der Waals surface area (Å²) in [6, 6.07) is 12.5. The standard InChI is InChI=1S/C29H41N3O3S/c1-22-19-28(33-3)27(26-11-14-31-29(22)26)21-32-15-12-23(13-16-32)34-17-6-4-5-7-18-35-24-9-8-10-25(20-24)36-30-2/h8-11,14,19-20,23,30-31H,4-7,12-13,15-18,21H2,1-3H3. The van der Waals surface area contributed by atoms with Crippen LogP contribution in [0.3, 0.4) is 0 Å². The van der Waals surface area contributed by atoms with Crippen LogP contribution >= 0.6 is 11.9 Å². The van der Waals surface area contributed by atoms with E-state index in [4.69, 9.17) is 14.2 Å². The Balaban J connectivity index is 1.09. The second-order valence-corrected chi connectivity index (χ2v) is 10.6. The summed E-state index contributed by atoms with van der Waals surface area (Å²) in [6.45, 7) is 6.83. The minimum Gasteiger partial charge on any atom is -0.496 e. The Labute approximate surface area is 220 Å². The highest BCUT2D eigenvalue weighted by Crippen LogP contribution is 2.32. The molecule has 0 amide bonds. The smallest absolute Gasteiger partial charge is 0.124 e. The highest BCUT2D eigenvalue weighted by atomic mass is 32.2. The number of unbranched alkanes of at least 4 members (excludes halogenated alkanes) is 3. The van der Waals surface area contributed by atoms with Crippen molar-refractivity contribution in [2.24, 2.45) is 0 Å². The highest BCUT2D eigenvalue weighted by molar-refractivity contribution is 7.97. The molecule has 1 saturated heterocycles. The van der Waals surface area contributed by atoms with E-state index in [1.807, 2.05) is 25.4 Å². The third-order valence-corrected chi connectivity index (χ3v) is 7.63. The largest absolute Gasteiger partial charge is 0.496 e. The summed E-state index contributed by atoms with van der Waals surface area (Å²) in [7, 11) is 3.70. The number of aromatic amines is 1. The fraction of sp³-hybridized carbons (Fsp3) is 0.517. The normalized spacial score (nSPS) is 15.0. The molecule has 0 radical (unpaired) electrons. The number of aryl methyl sites for hydroxylation is 1. The van der Waals surface area contributed by atoms with E-state index in [1.54, 1.807) is 19.1 Å². The average Bonchev–Trinajstić information content (AvgIpc) is 3.39. The fourth-order valence-corrected chi connectivity index (χ4v) is 5.54. The van der Waals surface area contributed by atoms with E-state index >= 15 is 0 Å². The van der Waals surface area contributed by atoms with Crippen LogP contribution in [0, 0.1) is 6.92 Å². The summed E-state index contributed by atoms with van der Waals surface area (Å²) < 4.78 is 20.9. The summed E-state index contributed by atoms with van der Waals surface area (Å²) in [5, 5.41) is 1.27. The lowest BCUT2D eigenvalue weighted by Crippen LogP contribution is -2.36. The number of nitrogens with zero attached hydrogens (tertiary/aromatic N) is 1. The van der Waals surface area contributed by atoms with E-state index in [1.165, 1.54) is 39.8 Å². The van der Waals surface area contributed by atoms with Gasteiger partial charge in [0.25, 0.3) is 0 Å². The number of benzene rings is 2. The van der Waals surface area contributed by atoms with Crippen molar-refractivity contribution in [1.82, 2.24) is 14.6 Å². The molecule has 196 valence electrons. The molecule has 0 spiro atoms. The van der Waals surface area contributed by atoms with Gasteiger partial charge in [0.05, 0.1) is 19.8 Å². The van der Waals surface area contributed by atoms with Crippen LogP contribution in [0.5, 0.6) is 11.5 Å². The summed E-state index contributed by atoms with van der Waals surface area (Å²) in [5.41, 5.74) is 3.73. The number of piperidine rings is 1. The van der Waals surface area contributed by atoms with Crippen molar-refractivity contribution in [1.29, 1.82) is 0 Å². The molecule has 2 heterocycles. The first-order valence-electron chi connectivity index (χ1n) is 13.2. The Bertz CT molecular complexity index is 1080. The number of hydrogen-bond donors (Lipinski definition) is 2. The van der Waals surface area contributed by atoms with Crippen LogP contribution in [0.2, 0.25) is 0 Å². The number of aromatic nitrogens is 1. The van der Waals surface area contributed by atoms with E-state index in [-0.39, 0.29) is 0 Å². The molecule has 36 heavy (non-hydrogen) atoms. The van der Waals surface area contributed by atoms with Crippen LogP contribution in [-0.4, -0.2) is 56.4 Å². The van der Waals surface area contributed by atoms with Crippen LogP contribution in [0.25, 0.3) is 10.9 Å². The summed E-state index contributed by atoms with van der Waals surface area (Å²) in [6.07, 6.45) is 9.19. The molecule has 1 fully saturated rings. The Morgan fingerprint density at radius 2 is 1.86 bits per heavy atom. The number of fused-ring (bicyclic) bond motifs is 1. The molecule has 3 aromatic rings. The number of nitrogens with one attached hydrogen (secondary N) is 2. The number of H-pyrrole nitrogens is 1. The van der Waals surface area contributed by atoms with Crippen molar-refractivity contribution >= 4 is 22.9 Å². The number of hydrogen-bond acceptors (Lipinski definition) is 6.